The second-order valence-corrected chi connectivity index (χ2v) is 9.69. The van der Waals surface area contributed by atoms with Crippen LogP contribution >= 0.6 is 11.6 Å². The van der Waals surface area contributed by atoms with Crippen LogP contribution in [0.4, 0.5) is 14.6 Å². The summed E-state index contributed by atoms with van der Waals surface area (Å²) in [4.78, 5) is 20.7. The molecule has 0 unspecified atom stereocenters. The van der Waals surface area contributed by atoms with Gasteiger partial charge < -0.3 is 15.2 Å². The van der Waals surface area contributed by atoms with Crippen LogP contribution in [0.1, 0.15) is 48.7 Å². The number of amides is 1. The van der Waals surface area contributed by atoms with E-state index in [4.69, 9.17) is 16.3 Å². The lowest BCUT2D eigenvalue weighted by atomic mass is 10.0. The molecule has 1 amide bonds. The number of rotatable bonds is 10. The van der Waals surface area contributed by atoms with E-state index in [0.717, 1.165) is 6.20 Å². The topological polar surface area (TPSA) is 113 Å². The summed E-state index contributed by atoms with van der Waals surface area (Å²) in [5.74, 6) is -1.05. The van der Waals surface area contributed by atoms with Crippen LogP contribution in [0.25, 0.3) is 11.1 Å². The molecule has 0 atom stereocenters. The highest BCUT2D eigenvalue weighted by atomic mass is 35.5. The van der Waals surface area contributed by atoms with E-state index in [-0.39, 0.29) is 34.5 Å². The van der Waals surface area contributed by atoms with Gasteiger partial charge in [-0.05, 0) is 62.6 Å². The Morgan fingerprint density at radius 2 is 1.92 bits per heavy atom. The fraction of sp³-hybridized carbons (Fsp3) is 0.259. The molecule has 0 spiro atoms. The second kappa shape index (κ2) is 11.7. The van der Waals surface area contributed by atoms with Crippen LogP contribution in [0.5, 0.6) is 5.75 Å². The van der Waals surface area contributed by atoms with Crippen molar-refractivity contribution in [2.75, 3.05) is 11.9 Å². The number of benzene rings is 2. The minimum atomic E-state index is -0.789. The van der Waals surface area contributed by atoms with Crippen molar-refractivity contribution in [3.05, 3.63) is 88.6 Å². The van der Waals surface area contributed by atoms with Crippen molar-refractivity contribution < 1.29 is 23.4 Å². The van der Waals surface area contributed by atoms with Crippen LogP contribution in [0, 0.1) is 11.6 Å². The summed E-state index contributed by atoms with van der Waals surface area (Å²) in [5, 5.41) is 19.2. The molecular formula is C27H26ClF2N5O3. The first-order valence-corrected chi connectivity index (χ1v) is 12.2. The molecule has 0 radical (unpaired) electrons. The van der Waals surface area contributed by atoms with Gasteiger partial charge in [0.05, 0.1) is 18.4 Å². The van der Waals surface area contributed by atoms with Gasteiger partial charge in [0.15, 0.2) is 0 Å². The number of carbonyl (C=O) groups is 1. The third kappa shape index (κ3) is 7.11. The number of hydrogen-bond donors (Lipinski definition) is 3. The maximum absolute atomic E-state index is 14.7. The molecule has 0 saturated heterocycles. The van der Waals surface area contributed by atoms with Crippen LogP contribution in [-0.4, -0.2) is 43.4 Å². The van der Waals surface area contributed by atoms with Crippen molar-refractivity contribution in [3.63, 3.8) is 0 Å². The number of carbonyl (C=O) groups excluding carboxylic acids is 1. The van der Waals surface area contributed by atoms with Crippen LogP contribution in [0.3, 0.4) is 0 Å². The predicted octanol–water partition coefficient (Wildman–Crippen LogP) is 5.57. The number of nitrogens with one attached hydrogen (secondary N) is 2. The molecule has 0 saturated carbocycles. The van der Waals surface area contributed by atoms with E-state index in [9.17, 15) is 18.7 Å². The number of aliphatic hydroxyl groups is 1. The lowest BCUT2D eigenvalue weighted by Crippen LogP contribution is -2.19. The number of aromatic nitrogens is 4. The molecule has 2 aromatic heterocycles. The molecule has 2 aromatic carbocycles. The van der Waals surface area contributed by atoms with E-state index < -0.39 is 17.3 Å². The number of nitrogens with zero attached hydrogens (tertiary/aromatic N) is 3. The van der Waals surface area contributed by atoms with Crippen LogP contribution in [0.2, 0.25) is 5.02 Å². The fourth-order valence-corrected chi connectivity index (χ4v) is 3.90. The Hall–Kier alpha value is -3.89. The van der Waals surface area contributed by atoms with E-state index in [2.05, 4.69) is 25.5 Å². The minimum absolute atomic E-state index is 0.0550. The van der Waals surface area contributed by atoms with Gasteiger partial charge in [-0.25, -0.2) is 18.7 Å². The summed E-state index contributed by atoms with van der Waals surface area (Å²) >= 11 is 6.34. The zero-order valence-corrected chi connectivity index (χ0v) is 21.5. The van der Waals surface area contributed by atoms with Gasteiger partial charge in [0.25, 0.3) is 5.91 Å². The molecule has 0 bridgehead atoms. The second-order valence-electron chi connectivity index (χ2n) is 9.28. The molecule has 11 heteroatoms. The fourth-order valence-electron chi connectivity index (χ4n) is 3.68. The predicted molar refractivity (Wildman–Crippen MR) is 139 cm³/mol. The molecule has 0 fully saturated rings. The minimum Gasteiger partial charge on any atom is -0.494 e. The first kappa shape index (κ1) is 27.2. The number of anilines is 1. The average molecular weight is 542 g/mol. The van der Waals surface area contributed by atoms with E-state index in [0.29, 0.717) is 42.1 Å². The van der Waals surface area contributed by atoms with Gasteiger partial charge in [0.1, 0.15) is 29.0 Å². The zero-order chi connectivity index (χ0) is 27.3. The van der Waals surface area contributed by atoms with Gasteiger partial charge in [-0.1, -0.05) is 29.8 Å². The quantitative estimate of drug-likeness (QED) is 0.226. The normalized spacial score (nSPS) is 11.4. The highest BCUT2D eigenvalue weighted by molar-refractivity contribution is 6.33. The Morgan fingerprint density at radius 1 is 1.13 bits per heavy atom. The summed E-state index contributed by atoms with van der Waals surface area (Å²) < 4.78 is 34.4. The SMILES string of the molecule is CC(C)(O)CCCOc1ccc(Cl)c(-c2cc(NC(=O)c3n[nH]c(Cc4ccccc4F)n3)ncc2F)c1. The Bertz CT molecular complexity index is 1440. The van der Waals surface area contributed by atoms with Gasteiger partial charge in [-0.3, -0.25) is 9.89 Å². The van der Waals surface area contributed by atoms with Gasteiger partial charge in [0, 0.05) is 22.6 Å². The van der Waals surface area contributed by atoms with E-state index in [1.165, 1.54) is 12.1 Å². The third-order valence-electron chi connectivity index (χ3n) is 5.58. The van der Waals surface area contributed by atoms with E-state index >= 15 is 0 Å². The number of ether oxygens (including phenoxy) is 1. The van der Waals surface area contributed by atoms with Gasteiger partial charge >= 0.3 is 0 Å². The maximum atomic E-state index is 14.7. The summed E-state index contributed by atoms with van der Waals surface area (Å²) in [5.41, 5.74) is 0.0767. The van der Waals surface area contributed by atoms with Crippen LogP contribution in [-0.2, 0) is 6.42 Å². The van der Waals surface area contributed by atoms with Gasteiger partial charge in [-0.2, -0.15) is 0 Å². The largest absolute Gasteiger partial charge is 0.494 e. The molecule has 38 heavy (non-hydrogen) atoms. The summed E-state index contributed by atoms with van der Waals surface area (Å²) in [7, 11) is 0. The van der Waals surface area contributed by atoms with Crippen LogP contribution in [0.15, 0.2) is 54.7 Å². The Balaban J connectivity index is 1.46. The summed E-state index contributed by atoms with van der Waals surface area (Å²) in [6.45, 7) is 3.81. The molecule has 0 aliphatic heterocycles. The Labute approximate surface area is 223 Å². The molecule has 2 heterocycles. The molecular weight excluding hydrogens is 516 g/mol. The Morgan fingerprint density at radius 3 is 2.68 bits per heavy atom. The monoisotopic (exact) mass is 541 g/mol. The molecule has 8 nitrogen and oxygen atoms in total. The van der Waals surface area contributed by atoms with Crippen molar-refractivity contribution in [2.24, 2.45) is 0 Å². The third-order valence-corrected chi connectivity index (χ3v) is 5.91. The number of aromatic amines is 1. The lowest BCUT2D eigenvalue weighted by molar-refractivity contribution is 0.0641. The molecule has 0 aliphatic carbocycles. The van der Waals surface area contributed by atoms with Crippen molar-refractivity contribution in [3.8, 4) is 16.9 Å². The highest BCUT2D eigenvalue weighted by Gasteiger charge is 2.18. The highest BCUT2D eigenvalue weighted by Crippen LogP contribution is 2.34. The summed E-state index contributed by atoms with van der Waals surface area (Å²) in [6, 6.07) is 12.4. The van der Waals surface area contributed by atoms with Crippen molar-refractivity contribution >= 4 is 23.3 Å². The molecule has 198 valence electrons. The Kier molecular flexibility index (Phi) is 8.33. The molecule has 0 aliphatic rings. The van der Waals surface area contributed by atoms with Crippen molar-refractivity contribution in [2.45, 2.75) is 38.7 Å². The van der Waals surface area contributed by atoms with Crippen molar-refractivity contribution in [1.29, 1.82) is 0 Å². The molecule has 4 aromatic rings. The maximum Gasteiger partial charge on any atom is 0.296 e. The van der Waals surface area contributed by atoms with Gasteiger partial charge in [-0.15, -0.1) is 5.10 Å². The number of H-pyrrole nitrogens is 1. The average Bonchev–Trinajstić information content (AvgIpc) is 3.34. The number of halogens is 3. The first-order valence-electron chi connectivity index (χ1n) is 11.9. The number of pyridine rings is 1. The van der Waals surface area contributed by atoms with Gasteiger partial charge in [0.2, 0.25) is 5.82 Å². The zero-order valence-electron chi connectivity index (χ0n) is 20.8. The molecule has 3 N–H and O–H groups in total. The van der Waals surface area contributed by atoms with E-state index in [1.807, 2.05) is 0 Å². The van der Waals surface area contributed by atoms with E-state index in [1.54, 1.807) is 50.2 Å². The number of hydrogen-bond acceptors (Lipinski definition) is 6. The first-order chi connectivity index (χ1) is 18.1. The lowest BCUT2D eigenvalue weighted by Gasteiger charge is -2.17. The summed E-state index contributed by atoms with van der Waals surface area (Å²) in [6.07, 6.45) is 2.29. The standard InChI is InChI=1S/C27H26ClF2N5O3/c1-27(2,37)10-5-11-38-17-8-9-20(28)18(13-17)19-14-23(31-15-22(19)30)33-26(36)25-32-24(34-35-25)12-16-6-3-4-7-21(16)29/h3-4,6-9,13-15,37H,5,10-12H2,1-2H3,(H,31,33,36)(H,32,34,35). The molecule has 4 rings (SSSR count). The van der Waals surface area contributed by atoms with Crippen molar-refractivity contribution in [1.82, 2.24) is 20.2 Å². The smallest absolute Gasteiger partial charge is 0.296 e. The van der Waals surface area contributed by atoms with Crippen LogP contribution < -0.4 is 10.1 Å².